The number of rotatable bonds is 5. The maximum Gasteiger partial charge on any atom is 0.206 e. The third-order valence-corrected chi connectivity index (χ3v) is 8.66. The highest BCUT2D eigenvalue weighted by molar-refractivity contribution is 5.61. The predicted molar refractivity (Wildman–Crippen MR) is 112 cm³/mol. The number of ether oxygens (including phenoxy) is 3. The summed E-state index contributed by atoms with van der Waals surface area (Å²) in [7, 11) is 0. The first-order valence-electron chi connectivity index (χ1n) is 12.0. The summed E-state index contributed by atoms with van der Waals surface area (Å²) in [6.45, 7) is 4.66. The third-order valence-electron chi connectivity index (χ3n) is 8.66. The Morgan fingerprint density at radius 1 is 1.20 bits per heavy atom. The zero-order valence-corrected chi connectivity index (χ0v) is 17.9. The monoisotopic (exact) mass is 408 g/mol. The van der Waals surface area contributed by atoms with Gasteiger partial charge in [-0.2, -0.15) is 5.26 Å². The minimum atomic E-state index is -0.662. The van der Waals surface area contributed by atoms with Crippen LogP contribution in [0.5, 0.6) is 5.75 Å². The molecule has 1 aromatic rings. The van der Waals surface area contributed by atoms with Crippen LogP contribution in [0.1, 0.15) is 68.6 Å². The van der Waals surface area contributed by atoms with Crippen molar-refractivity contribution in [2.75, 3.05) is 19.8 Å². The first kappa shape index (κ1) is 19.1. The van der Waals surface area contributed by atoms with Crippen LogP contribution in [-0.4, -0.2) is 37.7 Å². The van der Waals surface area contributed by atoms with Crippen LogP contribution in [0.15, 0.2) is 12.1 Å². The van der Waals surface area contributed by atoms with Gasteiger partial charge in [-0.3, -0.25) is 0 Å². The molecule has 1 saturated heterocycles. The van der Waals surface area contributed by atoms with Gasteiger partial charge < -0.3 is 19.5 Å². The van der Waals surface area contributed by atoms with Crippen LogP contribution < -0.4 is 10.1 Å². The molecule has 0 bridgehead atoms. The van der Waals surface area contributed by atoms with Crippen molar-refractivity contribution in [1.82, 2.24) is 5.32 Å². The van der Waals surface area contributed by atoms with E-state index >= 15 is 0 Å². The molecule has 2 aliphatic heterocycles. The molecule has 0 aromatic heterocycles. The van der Waals surface area contributed by atoms with Gasteiger partial charge in [-0.1, -0.05) is 25.8 Å². The Kier molecular flexibility index (Phi) is 4.43. The molecule has 2 saturated carbocycles. The molecule has 6 rings (SSSR count). The molecular formula is C25H32N2O3. The quantitative estimate of drug-likeness (QED) is 0.802. The average Bonchev–Trinajstić information content (AvgIpc) is 3.32. The summed E-state index contributed by atoms with van der Waals surface area (Å²) in [4.78, 5) is 0. The molecule has 4 atom stereocenters. The van der Waals surface area contributed by atoms with Crippen LogP contribution in [0.3, 0.4) is 0 Å². The van der Waals surface area contributed by atoms with Crippen molar-refractivity contribution in [2.24, 2.45) is 11.8 Å². The van der Waals surface area contributed by atoms with Crippen molar-refractivity contribution < 1.29 is 14.2 Å². The third kappa shape index (κ3) is 2.45. The fraction of sp³-hybridized carbons (Fsp3) is 0.720. The predicted octanol–water partition coefficient (Wildman–Crippen LogP) is 3.82. The van der Waals surface area contributed by atoms with Crippen LogP contribution in [-0.2, 0) is 21.3 Å². The second kappa shape index (κ2) is 6.95. The molecule has 30 heavy (non-hydrogen) atoms. The van der Waals surface area contributed by atoms with Crippen LogP contribution in [0.4, 0.5) is 0 Å². The van der Waals surface area contributed by atoms with Crippen molar-refractivity contribution in [1.29, 1.82) is 5.26 Å². The first-order valence-corrected chi connectivity index (χ1v) is 12.0. The van der Waals surface area contributed by atoms with Gasteiger partial charge in [0.1, 0.15) is 11.8 Å². The lowest BCUT2D eigenvalue weighted by atomic mass is 9.52. The van der Waals surface area contributed by atoms with Gasteiger partial charge in [-0.15, -0.1) is 0 Å². The molecule has 0 amide bonds. The van der Waals surface area contributed by atoms with E-state index in [4.69, 9.17) is 14.2 Å². The normalized spacial score (nSPS) is 35.5. The lowest BCUT2D eigenvalue weighted by Crippen LogP contribution is -2.67. The molecule has 1 aromatic carbocycles. The Hall–Kier alpha value is -1.61. The molecule has 5 heteroatoms. The summed E-state index contributed by atoms with van der Waals surface area (Å²) in [5, 5.41) is 13.8. The minimum absolute atomic E-state index is 0.135. The summed E-state index contributed by atoms with van der Waals surface area (Å²) in [6, 6.07) is 6.98. The van der Waals surface area contributed by atoms with Gasteiger partial charge in [0.15, 0.2) is 6.10 Å². The molecule has 1 spiro atoms. The van der Waals surface area contributed by atoms with Gasteiger partial charge in [0.25, 0.3) is 0 Å². The molecule has 5 aliphatic rings. The summed E-state index contributed by atoms with van der Waals surface area (Å²) in [5.41, 5.74) is 3.19. The largest absolute Gasteiger partial charge is 0.482 e. The molecule has 0 unspecified atom stereocenters. The smallest absolute Gasteiger partial charge is 0.206 e. The van der Waals surface area contributed by atoms with Crippen molar-refractivity contribution >= 4 is 0 Å². The van der Waals surface area contributed by atoms with E-state index in [0.717, 1.165) is 50.3 Å². The second-order valence-electron chi connectivity index (χ2n) is 10.0. The summed E-state index contributed by atoms with van der Waals surface area (Å²) < 4.78 is 19.3. The van der Waals surface area contributed by atoms with E-state index in [-0.39, 0.29) is 11.5 Å². The van der Waals surface area contributed by atoms with Gasteiger partial charge in [0, 0.05) is 23.4 Å². The summed E-state index contributed by atoms with van der Waals surface area (Å²) in [5.74, 6) is 1.49. The van der Waals surface area contributed by atoms with Crippen molar-refractivity contribution in [3.05, 3.63) is 28.8 Å². The van der Waals surface area contributed by atoms with Crippen molar-refractivity contribution in [2.45, 2.75) is 81.6 Å². The number of hydrogen-bond donors (Lipinski definition) is 1. The number of fused-ring (bicyclic) bond motifs is 1. The highest BCUT2D eigenvalue weighted by Crippen LogP contribution is 2.64. The van der Waals surface area contributed by atoms with Crippen LogP contribution >= 0.6 is 0 Å². The average molecular weight is 409 g/mol. The van der Waals surface area contributed by atoms with Gasteiger partial charge in [-0.25, -0.2) is 0 Å². The second-order valence-corrected chi connectivity index (χ2v) is 10.0. The minimum Gasteiger partial charge on any atom is -0.482 e. The van der Waals surface area contributed by atoms with E-state index in [1.165, 1.54) is 30.4 Å². The summed E-state index contributed by atoms with van der Waals surface area (Å²) >= 11 is 0. The lowest BCUT2D eigenvalue weighted by molar-refractivity contribution is -0.254. The Morgan fingerprint density at radius 2 is 2.03 bits per heavy atom. The van der Waals surface area contributed by atoms with E-state index in [9.17, 15) is 5.26 Å². The maximum atomic E-state index is 9.81. The van der Waals surface area contributed by atoms with Gasteiger partial charge in [0.05, 0.1) is 18.8 Å². The fourth-order valence-corrected chi connectivity index (χ4v) is 7.27. The van der Waals surface area contributed by atoms with E-state index in [1.807, 2.05) is 6.07 Å². The maximum absolute atomic E-state index is 9.81. The van der Waals surface area contributed by atoms with Crippen LogP contribution in [0.2, 0.25) is 0 Å². The molecule has 3 fully saturated rings. The molecule has 5 nitrogen and oxygen atoms in total. The van der Waals surface area contributed by atoms with Gasteiger partial charge >= 0.3 is 0 Å². The SMILES string of the molecule is CCC[C@]12c3c4ccc(C#N)c3O[C@H]1C1(CC[C@H]2[C@H](NCC2CCC2)C4)OCCO1. The number of nitriles is 1. The standard InChI is InChI=1S/C25H32N2O3/c1-2-9-24-19-8-10-25(28-11-12-29-25)23(24)30-22-18(14-26)7-6-17(21(22)24)13-20(19)27-15-16-4-3-5-16/h6-7,16,19-20,23,27H,2-5,8-13,15H2,1H3/t19-,20+,23+,24-/m0/s1. The van der Waals surface area contributed by atoms with Crippen LogP contribution in [0, 0.1) is 23.2 Å². The highest BCUT2D eigenvalue weighted by atomic mass is 16.8. The topological polar surface area (TPSA) is 63.5 Å². The van der Waals surface area contributed by atoms with Crippen LogP contribution in [0.25, 0.3) is 0 Å². The zero-order chi connectivity index (χ0) is 20.3. The summed E-state index contributed by atoms with van der Waals surface area (Å²) in [6.07, 6.45) is 9.07. The Balaban J connectivity index is 1.48. The first-order chi connectivity index (χ1) is 14.7. The fourth-order valence-electron chi connectivity index (χ4n) is 7.27. The van der Waals surface area contributed by atoms with E-state index in [2.05, 4.69) is 24.4 Å². The lowest BCUT2D eigenvalue weighted by Gasteiger charge is -2.56. The van der Waals surface area contributed by atoms with Crippen molar-refractivity contribution in [3.63, 3.8) is 0 Å². The number of hydrogen-bond acceptors (Lipinski definition) is 5. The van der Waals surface area contributed by atoms with Crippen molar-refractivity contribution in [3.8, 4) is 11.8 Å². The number of nitrogens with one attached hydrogen (secondary N) is 1. The van der Waals surface area contributed by atoms with E-state index < -0.39 is 5.79 Å². The molecular weight excluding hydrogens is 376 g/mol. The number of nitrogens with zero attached hydrogens (tertiary/aromatic N) is 1. The molecule has 160 valence electrons. The molecule has 1 N–H and O–H groups in total. The Morgan fingerprint density at radius 3 is 2.73 bits per heavy atom. The van der Waals surface area contributed by atoms with Gasteiger partial charge in [-0.05, 0) is 62.1 Å². The molecule has 2 heterocycles. The highest BCUT2D eigenvalue weighted by Gasteiger charge is 2.69. The number of benzene rings is 1. The van der Waals surface area contributed by atoms with Gasteiger partial charge in [0.2, 0.25) is 5.79 Å². The Bertz CT molecular complexity index is 883. The Labute approximate surface area is 179 Å². The van der Waals surface area contributed by atoms with E-state index in [0.29, 0.717) is 30.7 Å². The zero-order valence-electron chi connectivity index (χ0n) is 17.9. The molecule has 3 aliphatic carbocycles. The molecule has 0 radical (unpaired) electrons. The van der Waals surface area contributed by atoms with E-state index in [1.54, 1.807) is 0 Å².